The molecule has 0 aromatic heterocycles. The van der Waals surface area contributed by atoms with Gasteiger partial charge in [-0.25, -0.2) is 0 Å². The summed E-state index contributed by atoms with van der Waals surface area (Å²) in [6.07, 6.45) is 2.15. The van der Waals surface area contributed by atoms with E-state index in [2.05, 4.69) is 87.4 Å². The first kappa shape index (κ1) is 70.4. The molecule has 0 aliphatic rings. The van der Waals surface area contributed by atoms with E-state index in [0.29, 0.717) is 218 Å². The number of hydrogen-bond acceptors (Lipinski definition) is 18. The van der Waals surface area contributed by atoms with Crippen LogP contribution in [0.2, 0.25) is 0 Å². The standard InChI is InChI=1S/C56H106O18/c1-53(2,3)48-55(7,8)50-11-12-52(51(47-50)56(9,10)49-54(4,5)6)74-46-45-73-44-43-72-42-41-71-40-39-70-38-37-69-36-35-68-34-33-67-32-31-66-30-29-65-28-27-64-26-25-63-24-23-62-22-21-61-20-19-60-18-17-59-16-15-58-14-13-57/h11-12,47,57H,13-46,48-49H2,1-10H3. The van der Waals surface area contributed by atoms with Crippen LogP contribution in [0.3, 0.4) is 0 Å². The molecule has 0 saturated heterocycles. The van der Waals surface area contributed by atoms with Gasteiger partial charge in [-0.2, -0.15) is 0 Å². The molecule has 1 aromatic rings. The van der Waals surface area contributed by atoms with Gasteiger partial charge in [0.2, 0.25) is 0 Å². The molecule has 0 fully saturated rings. The van der Waals surface area contributed by atoms with Gasteiger partial charge in [0.1, 0.15) is 12.4 Å². The Bertz CT molecular complexity index is 1370. The number of aliphatic hydroxyl groups is 1. The van der Waals surface area contributed by atoms with Crippen molar-refractivity contribution in [1.29, 1.82) is 0 Å². The lowest BCUT2D eigenvalue weighted by Crippen LogP contribution is -2.28. The van der Waals surface area contributed by atoms with Gasteiger partial charge < -0.3 is 85.6 Å². The molecule has 0 heterocycles. The highest BCUT2D eigenvalue weighted by Gasteiger charge is 2.33. The summed E-state index contributed by atoms with van der Waals surface area (Å²) in [6.45, 7) is 39.4. The van der Waals surface area contributed by atoms with Crippen LogP contribution in [-0.2, 0) is 86.6 Å². The smallest absolute Gasteiger partial charge is 0.123 e. The summed E-state index contributed by atoms with van der Waals surface area (Å²) in [5, 5.41) is 8.61. The molecule has 1 N–H and O–H groups in total. The number of benzene rings is 1. The average molecular weight is 1070 g/mol. The van der Waals surface area contributed by atoms with Crippen LogP contribution in [0.25, 0.3) is 0 Å². The molecule has 0 aliphatic heterocycles. The monoisotopic (exact) mass is 1070 g/mol. The van der Waals surface area contributed by atoms with Crippen molar-refractivity contribution in [3.8, 4) is 5.75 Å². The van der Waals surface area contributed by atoms with Crippen LogP contribution in [0.1, 0.15) is 93.2 Å². The van der Waals surface area contributed by atoms with Crippen LogP contribution in [0.4, 0.5) is 0 Å². The third kappa shape index (κ3) is 44.3. The highest BCUT2D eigenvalue weighted by molar-refractivity contribution is 5.44. The van der Waals surface area contributed by atoms with Crippen molar-refractivity contribution in [3.63, 3.8) is 0 Å². The number of aliphatic hydroxyl groups excluding tert-OH is 1. The Morgan fingerprint density at radius 2 is 0.500 bits per heavy atom. The quantitative estimate of drug-likeness (QED) is 0.0677. The normalized spacial score (nSPS) is 12.6. The highest BCUT2D eigenvalue weighted by Crippen LogP contribution is 2.44. The summed E-state index contributed by atoms with van der Waals surface area (Å²) in [7, 11) is 0. The van der Waals surface area contributed by atoms with Crippen LogP contribution >= 0.6 is 0 Å². The maximum Gasteiger partial charge on any atom is 0.123 e. The van der Waals surface area contributed by atoms with Gasteiger partial charge >= 0.3 is 0 Å². The first-order valence-corrected chi connectivity index (χ1v) is 27.2. The first-order valence-electron chi connectivity index (χ1n) is 27.2. The third-order valence-corrected chi connectivity index (χ3v) is 10.7. The van der Waals surface area contributed by atoms with Crippen molar-refractivity contribution >= 4 is 0 Å². The van der Waals surface area contributed by atoms with Gasteiger partial charge in [-0.3, -0.25) is 0 Å². The molecule has 0 atom stereocenters. The Balaban J connectivity index is 1.82. The minimum Gasteiger partial charge on any atom is -0.491 e. The van der Waals surface area contributed by atoms with Crippen LogP contribution < -0.4 is 4.74 Å². The van der Waals surface area contributed by atoms with Crippen molar-refractivity contribution in [2.45, 2.75) is 92.9 Å². The predicted molar refractivity (Wildman–Crippen MR) is 286 cm³/mol. The van der Waals surface area contributed by atoms with Gasteiger partial charge in [-0.15, -0.1) is 0 Å². The topological polar surface area (TPSA) is 177 Å². The molecule has 0 amide bonds. The van der Waals surface area contributed by atoms with Crippen LogP contribution in [0.15, 0.2) is 18.2 Å². The van der Waals surface area contributed by atoms with Crippen LogP contribution in [0, 0.1) is 10.8 Å². The zero-order valence-corrected chi connectivity index (χ0v) is 48.1. The average Bonchev–Trinajstić information content (AvgIpc) is 3.33. The minimum absolute atomic E-state index is 0.0202. The van der Waals surface area contributed by atoms with E-state index in [1.54, 1.807) is 0 Å². The molecule has 438 valence electrons. The summed E-state index contributed by atoms with van der Waals surface area (Å²) >= 11 is 0. The van der Waals surface area contributed by atoms with E-state index in [9.17, 15) is 0 Å². The Morgan fingerprint density at radius 3 is 0.730 bits per heavy atom. The fraction of sp³-hybridized carbons (Fsp3) is 0.893. The largest absolute Gasteiger partial charge is 0.491 e. The Kier molecular flexibility index (Phi) is 44.0. The van der Waals surface area contributed by atoms with Crippen molar-refractivity contribution in [2.75, 3.05) is 225 Å². The first-order chi connectivity index (χ1) is 35.6. The van der Waals surface area contributed by atoms with E-state index in [0.717, 1.165) is 18.6 Å². The van der Waals surface area contributed by atoms with E-state index >= 15 is 0 Å². The lowest BCUT2D eigenvalue weighted by molar-refractivity contribution is -0.0306. The Morgan fingerprint density at radius 1 is 0.284 bits per heavy atom. The molecule has 1 aromatic carbocycles. The molecule has 0 saturated carbocycles. The number of hydrogen-bond donors (Lipinski definition) is 1. The molecule has 0 unspecified atom stereocenters. The molecule has 0 bridgehead atoms. The molecule has 18 nitrogen and oxygen atoms in total. The minimum atomic E-state index is -0.0476. The zero-order valence-electron chi connectivity index (χ0n) is 48.1. The van der Waals surface area contributed by atoms with Gasteiger partial charge in [0.25, 0.3) is 0 Å². The van der Waals surface area contributed by atoms with Gasteiger partial charge in [0.05, 0.1) is 218 Å². The Labute approximate surface area is 447 Å². The third-order valence-electron chi connectivity index (χ3n) is 10.7. The lowest BCUT2D eigenvalue weighted by atomic mass is 9.68. The van der Waals surface area contributed by atoms with Gasteiger partial charge in [0.15, 0.2) is 0 Å². The fourth-order valence-electron chi connectivity index (χ4n) is 8.13. The molecule has 0 spiro atoms. The molecular weight excluding hydrogens is 961 g/mol. The molecule has 0 radical (unpaired) electrons. The van der Waals surface area contributed by atoms with Gasteiger partial charge in [-0.05, 0) is 46.1 Å². The fourth-order valence-corrected chi connectivity index (χ4v) is 8.13. The summed E-state index contributed by atoms with van der Waals surface area (Å²) in [4.78, 5) is 0. The number of rotatable bonds is 55. The zero-order chi connectivity index (χ0) is 54.3. The van der Waals surface area contributed by atoms with Crippen molar-refractivity contribution in [1.82, 2.24) is 0 Å². The van der Waals surface area contributed by atoms with E-state index in [4.69, 9.17) is 85.6 Å². The van der Waals surface area contributed by atoms with Crippen LogP contribution in [-0.4, -0.2) is 230 Å². The molecule has 18 heteroatoms. The van der Waals surface area contributed by atoms with Gasteiger partial charge in [-0.1, -0.05) is 81.4 Å². The predicted octanol–water partition coefficient (Wildman–Crippen LogP) is 6.75. The van der Waals surface area contributed by atoms with Crippen molar-refractivity contribution < 1.29 is 85.6 Å². The SMILES string of the molecule is CC(C)(C)CC(C)(C)c1ccc(OCCOCCOCCOCCOCCOCCOCCOCCOCCOCCOCCOCCOCCOCCOCCOCCOCCO)c(C(C)(C)CC(C)(C)C)c1. The molecule has 1 rings (SSSR count). The Hall–Kier alpha value is -1.66. The summed E-state index contributed by atoms with van der Waals surface area (Å²) < 4.78 is 94.6. The molecule has 74 heavy (non-hydrogen) atoms. The van der Waals surface area contributed by atoms with Crippen LogP contribution in [0.5, 0.6) is 5.75 Å². The molecular formula is C56H106O18. The van der Waals surface area contributed by atoms with E-state index in [-0.39, 0.29) is 28.3 Å². The number of ether oxygens (including phenoxy) is 17. The van der Waals surface area contributed by atoms with E-state index in [1.807, 2.05) is 0 Å². The maximum absolute atomic E-state index is 8.61. The summed E-state index contributed by atoms with van der Waals surface area (Å²) in [6, 6.07) is 6.81. The molecule has 0 aliphatic carbocycles. The van der Waals surface area contributed by atoms with E-state index < -0.39 is 0 Å². The summed E-state index contributed by atoms with van der Waals surface area (Å²) in [5.74, 6) is 0.944. The second kappa shape index (κ2) is 46.3. The summed E-state index contributed by atoms with van der Waals surface area (Å²) in [5.41, 5.74) is 3.05. The second-order valence-corrected chi connectivity index (χ2v) is 21.3. The second-order valence-electron chi connectivity index (χ2n) is 21.3. The van der Waals surface area contributed by atoms with E-state index in [1.165, 1.54) is 11.1 Å². The van der Waals surface area contributed by atoms with Crippen molar-refractivity contribution in [3.05, 3.63) is 29.3 Å². The van der Waals surface area contributed by atoms with Crippen molar-refractivity contribution in [2.24, 2.45) is 10.8 Å². The highest BCUT2D eigenvalue weighted by atomic mass is 16.6. The lowest BCUT2D eigenvalue weighted by Gasteiger charge is -2.37. The van der Waals surface area contributed by atoms with Gasteiger partial charge in [0, 0.05) is 5.56 Å². The maximum atomic E-state index is 8.61.